The van der Waals surface area contributed by atoms with Crippen LogP contribution in [0.4, 0.5) is 5.69 Å². The molecule has 0 aliphatic heterocycles. The molecule has 0 fully saturated rings. The predicted octanol–water partition coefficient (Wildman–Crippen LogP) is 5.73. The summed E-state index contributed by atoms with van der Waals surface area (Å²) in [5.74, 6) is 0.350. The Morgan fingerprint density at radius 3 is 2.12 bits per heavy atom. The molecular weight excluding hydrogens is 294 g/mol. The lowest BCUT2D eigenvalue weighted by atomic mass is 10.0. The Morgan fingerprint density at radius 2 is 1.46 bits per heavy atom. The summed E-state index contributed by atoms with van der Waals surface area (Å²) in [4.78, 5) is 12.4. The zero-order valence-electron chi connectivity index (χ0n) is 14.0. The molecule has 0 saturated carbocycles. The molecule has 3 aromatic carbocycles. The van der Waals surface area contributed by atoms with Crippen molar-refractivity contribution in [2.75, 3.05) is 5.32 Å². The second-order valence-corrected chi connectivity index (χ2v) is 6.18. The standard InChI is InChI=1S/C22H21NO/c1-16(2)20-9-6-10-21(15-20)23-22(24)19-13-11-18(12-14-19)17-7-4-3-5-8-17/h3-16H,1-2H3,(H,23,24). The van der Waals surface area contributed by atoms with Gasteiger partial charge in [-0.15, -0.1) is 0 Å². The molecule has 0 bridgehead atoms. The fourth-order valence-electron chi connectivity index (χ4n) is 2.62. The number of hydrogen-bond donors (Lipinski definition) is 1. The van der Waals surface area contributed by atoms with E-state index in [0.717, 1.165) is 16.8 Å². The summed E-state index contributed by atoms with van der Waals surface area (Å²) in [6.07, 6.45) is 0. The Bertz CT molecular complexity index is 820. The summed E-state index contributed by atoms with van der Waals surface area (Å²) in [6.45, 7) is 4.28. The van der Waals surface area contributed by atoms with Gasteiger partial charge in [-0.25, -0.2) is 0 Å². The number of rotatable bonds is 4. The van der Waals surface area contributed by atoms with Gasteiger partial charge in [0.05, 0.1) is 0 Å². The molecule has 1 N–H and O–H groups in total. The van der Waals surface area contributed by atoms with E-state index in [4.69, 9.17) is 0 Å². The Hall–Kier alpha value is -2.87. The highest BCUT2D eigenvalue weighted by molar-refractivity contribution is 6.04. The third-order valence-electron chi connectivity index (χ3n) is 4.07. The summed E-state index contributed by atoms with van der Waals surface area (Å²) in [5.41, 5.74) is 4.96. The lowest BCUT2D eigenvalue weighted by Crippen LogP contribution is -2.11. The Labute approximate surface area is 143 Å². The van der Waals surface area contributed by atoms with Gasteiger partial charge in [-0.3, -0.25) is 4.79 Å². The number of carbonyl (C=O) groups excluding carboxylic acids is 1. The molecular formula is C22H21NO. The summed E-state index contributed by atoms with van der Waals surface area (Å²) in [7, 11) is 0. The Kier molecular flexibility index (Phi) is 4.76. The van der Waals surface area contributed by atoms with E-state index < -0.39 is 0 Å². The zero-order chi connectivity index (χ0) is 16.9. The molecule has 3 rings (SSSR count). The minimum absolute atomic E-state index is 0.0875. The van der Waals surface area contributed by atoms with Crippen molar-refractivity contribution in [2.45, 2.75) is 19.8 Å². The number of nitrogens with one attached hydrogen (secondary N) is 1. The molecule has 0 spiro atoms. The Balaban J connectivity index is 1.75. The van der Waals surface area contributed by atoms with Crippen LogP contribution in [0.15, 0.2) is 78.9 Å². The molecule has 24 heavy (non-hydrogen) atoms. The first-order valence-electron chi connectivity index (χ1n) is 8.20. The van der Waals surface area contributed by atoms with Gasteiger partial charge in [-0.05, 0) is 46.9 Å². The minimum Gasteiger partial charge on any atom is -0.322 e. The maximum Gasteiger partial charge on any atom is 0.255 e. The lowest BCUT2D eigenvalue weighted by Gasteiger charge is -2.10. The SMILES string of the molecule is CC(C)c1cccc(NC(=O)c2ccc(-c3ccccc3)cc2)c1. The molecule has 0 radical (unpaired) electrons. The van der Waals surface area contributed by atoms with Gasteiger partial charge in [0.25, 0.3) is 5.91 Å². The topological polar surface area (TPSA) is 29.1 Å². The van der Waals surface area contributed by atoms with Crippen LogP contribution in [0.3, 0.4) is 0 Å². The zero-order valence-corrected chi connectivity index (χ0v) is 14.0. The molecule has 0 saturated heterocycles. The molecule has 2 heteroatoms. The van der Waals surface area contributed by atoms with Crippen LogP contribution in [0, 0.1) is 0 Å². The average Bonchev–Trinajstić information content (AvgIpc) is 2.63. The van der Waals surface area contributed by atoms with E-state index in [1.165, 1.54) is 5.56 Å². The fourth-order valence-corrected chi connectivity index (χ4v) is 2.62. The molecule has 0 aliphatic rings. The van der Waals surface area contributed by atoms with Crippen molar-refractivity contribution in [1.82, 2.24) is 0 Å². The quantitative estimate of drug-likeness (QED) is 0.654. The first-order valence-corrected chi connectivity index (χ1v) is 8.20. The van der Waals surface area contributed by atoms with E-state index in [1.807, 2.05) is 60.7 Å². The van der Waals surface area contributed by atoms with Gasteiger partial charge in [0.2, 0.25) is 0 Å². The van der Waals surface area contributed by atoms with E-state index in [0.29, 0.717) is 11.5 Å². The van der Waals surface area contributed by atoms with E-state index in [-0.39, 0.29) is 5.91 Å². The summed E-state index contributed by atoms with van der Waals surface area (Å²) < 4.78 is 0. The van der Waals surface area contributed by atoms with Gasteiger partial charge in [-0.1, -0.05) is 68.4 Å². The van der Waals surface area contributed by atoms with Crippen LogP contribution >= 0.6 is 0 Å². The van der Waals surface area contributed by atoms with Crippen molar-refractivity contribution in [1.29, 1.82) is 0 Å². The van der Waals surface area contributed by atoms with Crippen LogP contribution in [0.25, 0.3) is 11.1 Å². The van der Waals surface area contributed by atoms with Crippen molar-refractivity contribution >= 4 is 11.6 Å². The average molecular weight is 315 g/mol. The second kappa shape index (κ2) is 7.14. The van der Waals surface area contributed by atoms with Crippen molar-refractivity contribution in [3.8, 4) is 11.1 Å². The number of benzene rings is 3. The maximum absolute atomic E-state index is 12.4. The highest BCUT2D eigenvalue weighted by atomic mass is 16.1. The number of hydrogen-bond acceptors (Lipinski definition) is 1. The normalized spacial score (nSPS) is 10.6. The van der Waals surface area contributed by atoms with Crippen LogP contribution < -0.4 is 5.32 Å². The van der Waals surface area contributed by atoms with Crippen LogP contribution in [-0.4, -0.2) is 5.91 Å². The third kappa shape index (κ3) is 3.72. The first-order chi connectivity index (χ1) is 11.6. The van der Waals surface area contributed by atoms with Crippen molar-refractivity contribution in [2.24, 2.45) is 0 Å². The summed E-state index contributed by atoms with van der Waals surface area (Å²) in [6, 6.07) is 25.8. The maximum atomic E-state index is 12.4. The Morgan fingerprint density at radius 1 is 0.792 bits per heavy atom. The van der Waals surface area contributed by atoms with Crippen LogP contribution in [0.5, 0.6) is 0 Å². The van der Waals surface area contributed by atoms with Gasteiger partial charge >= 0.3 is 0 Å². The van der Waals surface area contributed by atoms with E-state index >= 15 is 0 Å². The molecule has 0 aliphatic carbocycles. The van der Waals surface area contributed by atoms with Crippen LogP contribution in [0.1, 0.15) is 35.7 Å². The number of anilines is 1. The highest BCUT2D eigenvalue weighted by Crippen LogP contribution is 2.21. The third-order valence-corrected chi connectivity index (χ3v) is 4.07. The summed E-state index contributed by atoms with van der Waals surface area (Å²) in [5, 5.41) is 2.97. The van der Waals surface area contributed by atoms with Gasteiger partial charge in [0.15, 0.2) is 0 Å². The monoisotopic (exact) mass is 315 g/mol. The smallest absolute Gasteiger partial charge is 0.255 e. The van der Waals surface area contributed by atoms with E-state index in [1.54, 1.807) is 0 Å². The van der Waals surface area contributed by atoms with Crippen molar-refractivity contribution in [3.05, 3.63) is 90.0 Å². The minimum atomic E-state index is -0.0875. The number of carbonyl (C=O) groups is 1. The molecule has 0 atom stereocenters. The van der Waals surface area contributed by atoms with E-state index in [2.05, 4.69) is 37.4 Å². The van der Waals surface area contributed by atoms with Crippen LogP contribution in [0.2, 0.25) is 0 Å². The molecule has 3 aromatic rings. The second-order valence-electron chi connectivity index (χ2n) is 6.18. The van der Waals surface area contributed by atoms with Crippen molar-refractivity contribution in [3.63, 3.8) is 0 Å². The van der Waals surface area contributed by atoms with Gasteiger partial charge < -0.3 is 5.32 Å². The molecule has 1 amide bonds. The van der Waals surface area contributed by atoms with Gasteiger partial charge in [-0.2, -0.15) is 0 Å². The van der Waals surface area contributed by atoms with E-state index in [9.17, 15) is 4.79 Å². The highest BCUT2D eigenvalue weighted by Gasteiger charge is 2.08. The first kappa shape index (κ1) is 16.0. The van der Waals surface area contributed by atoms with Gasteiger partial charge in [0, 0.05) is 11.3 Å². The molecule has 0 unspecified atom stereocenters. The van der Waals surface area contributed by atoms with Crippen molar-refractivity contribution < 1.29 is 4.79 Å². The molecule has 120 valence electrons. The van der Waals surface area contributed by atoms with Gasteiger partial charge in [0.1, 0.15) is 0 Å². The van der Waals surface area contributed by atoms with Crippen LogP contribution in [-0.2, 0) is 0 Å². The number of amides is 1. The predicted molar refractivity (Wildman–Crippen MR) is 100 cm³/mol. The summed E-state index contributed by atoms with van der Waals surface area (Å²) >= 11 is 0. The largest absolute Gasteiger partial charge is 0.322 e. The fraction of sp³-hybridized carbons (Fsp3) is 0.136. The lowest BCUT2D eigenvalue weighted by molar-refractivity contribution is 0.102. The molecule has 0 aromatic heterocycles. The molecule has 2 nitrogen and oxygen atoms in total. The molecule has 0 heterocycles.